The summed E-state index contributed by atoms with van der Waals surface area (Å²) in [6.07, 6.45) is 2.33. The van der Waals surface area contributed by atoms with E-state index in [1.165, 1.54) is 6.20 Å². The first-order valence-corrected chi connectivity index (χ1v) is 5.81. The van der Waals surface area contributed by atoms with Crippen LogP contribution in [-0.2, 0) is 16.0 Å². The SMILES string of the molecule is CN1CCC(NC(=O)Cc2ccc(N)cn2)C1=O. The molecule has 1 aliphatic rings. The summed E-state index contributed by atoms with van der Waals surface area (Å²) in [6.45, 7) is 0.684. The van der Waals surface area contributed by atoms with Crippen molar-refractivity contribution in [1.29, 1.82) is 0 Å². The van der Waals surface area contributed by atoms with Crippen molar-refractivity contribution in [2.24, 2.45) is 0 Å². The molecule has 0 aromatic carbocycles. The predicted octanol–water partition coefficient (Wildman–Crippen LogP) is -0.447. The number of nitrogens with one attached hydrogen (secondary N) is 1. The van der Waals surface area contributed by atoms with Gasteiger partial charge in [0.05, 0.1) is 18.3 Å². The molecule has 96 valence electrons. The van der Waals surface area contributed by atoms with E-state index in [1.54, 1.807) is 24.1 Å². The number of carbonyl (C=O) groups is 2. The molecule has 0 aliphatic carbocycles. The van der Waals surface area contributed by atoms with E-state index in [0.717, 1.165) is 0 Å². The second-order valence-electron chi connectivity index (χ2n) is 4.43. The molecule has 1 aromatic heterocycles. The third-order valence-corrected chi connectivity index (χ3v) is 2.95. The summed E-state index contributed by atoms with van der Waals surface area (Å²) in [6, 6.07) is 3.01. The number of nitrogens with two attached hydrogens (primary N) is 1. The number of likely N-dealkylation sites (tertiary alicyclic amines) is 1. The maximum absolute atomic E-state index is 11.8. The van der Waals surface area contributed by atoms with Gasteiger partial charge in [0.1, 0.15) is 6.04 Å². The van der Waals surface area contributed by atoms with Gasteiger partial charge >= 0.3 is 0 Å². The van der Waals surface area contributed by atoms with Gasteiger partial charge in [0.15, 0.2) is 0 Å². The summed E-state index contributed by atoms with van der Waals surface area (Å²) in [5.74, 6) is -0.227. The van der Waals surface area contributed by atoms with Crippen LogP contribution in [0.1, 0.15) is 12.1 Å². The molecule has 0 spiro atoms. The zero-order valence-corrected chi connectivity index (χ0v) is 10.2. The predicted molar refractivity (Wildman–Crippen MR) is 66.5 cm³/mol. The molecule has 0 saturated carbocycles. The number of hydrogen-bond donors (Lipinski definition) is 2. The lowest BCUT2D eigenvalue weighted by atomic mass is 10.2. The molecule has 1 unspecified atom stereocenters. The number of nitrogen functional groups attached to an aromatic ring is 1. The summed E-state index contributed by atoms with van der Waals surface area (Å²) in [5.41, 5.74) is 6.71. The highest BCUT2D eigenvalue weighted by molar-refractivity contribution is 5.89. The van der Waals surface area contributed by atoms with Gasteiger partial charge < -0.3 is 16.0 Å². The van der Waals surface area contributed by atoms with Crippen molar-refractivity contribution in [1.82, 2.24) is 15.2 Å². The molecule has 0 radical (unpaired) electrons. The van der Waals surface area contributed by atoms with E-state index in [4.69, 9.17) is 5.73 Å². The van der Waals surface area contributed by atoms with Gasteiger partial charge in [-0.25, -0.2) is 0 Å². The van der Waals surface area contributed by atoms with E-state index in [0.29, 0.717) is 24.3 Å². The number of pyridine rings is 1. The van der Waals surface area contributed by atoms with Crippen LogP contribution in [0.3, 0.4) is 0 Å². The molecule has 1 atom stereocenters. The zero-order valence-electron chi connectivity index (χ0n) is 10.2. The van der Waals surface area contributed by atoms with E-state index < -0.39 is 6.04 Å². The molecule has 2 rings (SSSR count). The summed E-state index contributed by atoms with van der Waals surface area (Å²) in [4.78, 5) is 29.0. The first-order chi connectivity index (χ1) is 8.56. The smallest absolute Gasteiger partial charge is 0.244 e. The number of nitrogens with zero attached hydrogens (tertiary/aromatic N) is 2. The molecule has 2 amide bonds. The van der Waals surface area contributed by atoms with Crippen molar-refractivity contribution in [3.8, 4) is 0 Å². The molecule has 3 N–H and O–H groups in total. The third kappa shape index (κ3) is 2.77. The second kappa shape index (κ2) is 5.03. The van der Waals surface area contributed by atoms with Gasteiger partial charge in [-0.15, -0.1) is 0 Å². The van der Waals surface area contributed by atoms with Crippen LogP contribution in [0.4, 0.5) is 5.69 Å². The van der Waals surface area contributed by atoms with Gasteiger partial charge in [-0.05, 0) is 18.6 Å². The number of carbonyl (C=O) groups excluding carboxylic acids is 2. The summed E-state index contributed by atoms with van der Waals surface area (Å²) < 4.78 is 0. The van der Waals surface area contributed by atoms with Gasteiger partial charge in [0.2, 0.25) is 11.8 Å². The standard InChI is InChI=1S/C12H16N4O2/c1-16-5-4-10(12(16)18)15-11(17)6-9-3-2-8(13)7-14-9/h2-3,7,10H,4-6,13H2,1H3,(H,15,17). The summed E-state index contributed by atoms with van der Waals surface area (Å²) in [7, 11) is 1.73. The summed E-state index contributed by atoms with van der Waals surface area (Å²) >= 11 is 0. The Hall–Kier alpha value is -2.11. The topological polar surface area (TPSA) is 88.3 Å². The maximum atomic E-state index is 11.8. The molecule has 0 bridgehead atoms. The minimum Gasteiger partial charge on any atom is -0.397 e. The maximum Gasteiger partial charge on any atom is 0.244 e. The first kappa shape index (κ1) is 12.3. The minimum atomic E-state index is -0.392. The van der Waals surface area contributed by atoms with Crippen molar-refractivity contribution in [3.63, 3.8) is 0 Å². The molecule has 1 aromatic rings. The zero-order chi connectivity index (χ0) is 13.1. The molecule has 6 nitrogen and oxygen atoms in total. The number of likely N-dealkylation sites (N-methyl/N-ethyl adjacent to an activating group) is 1. The van der Waals surface area contributed by atoms with Crippen LogP contribution in [0.5, 0.6) is 0 Å². The van der Waals surface area contributed by atoms with Gasteiger partial charge in [-0.1, -0.05) is 0 Å². The van der Waals surface area contributed by atoms with E-state index in [2.05, 4.69) is 10.3 Å². The van der Waals surface area contributed by atoms with Gasteiger partial charge in [-0.2, -0.15) is 0 Å². The van der Waals surface area contributed by atoms with Crippen LogP contribution >= 0.6 is 0 Å². The van der Waals surface area contributed by atoms with Crippen LogP contribution in [0, 0.1) is 0 Å². The van der Waals surface area contributed by atoms with Crippen LogP contribution in [0.15, 0.2) is 18.3 Å². The molecular formula is C12H16N4O2. The van der Waals surface area contributed by atoms with Crippen LogP contribution in [0.2, 0.25) is 0 Å². The highest BCUT2D eigenvalue weighted by Crippen LogP contribution is 2.09. The Morgan fingerprint density at radius 3 is 2.94 bits per heavy atom. The highest BCUT2D eigenvalue weighted by Gasteiger charge is 2.30. The lowest BCUT2D eigenvalue weighted by Crippen LogP contribution is -2.41. The fourth-order valence-corrected chi connectivity index (χ4v) is 1.91. The quantitative estimate of drug-likeness (QED) is 0.758. The van der Waals surface area contributed by atoms with E-state index in [1.807, 2.05) is 0 Å². The lowest BCUT2D eigenvalue weighted by molar-refractivity contribution is -0.131. The fraction of sp³-hybridized carbons (Fsp3) is 0.417. The molecular weight excluding hydrogens is 232 g/mol. The first-order valence-electron chi connectivity index (χ1n) is 5.81. The Bertz CT molecular complexity index is 458. The Morgan fingerprint density at radius 2 is 2.39 bits per heavy atom. The average Bonchev–Trinajstić information content (AvgIpc) is 2.64. The van der Waals surface area contributed by atoms with E-state index in [-0.39, 0.29) is 18.2 Å². The van der Waals surface area contributed by atoms with Crippen LogP contribution < -0.4 is 11.1 Å². The monoisotopic (exact) mass is 248 g/mol. The minimum absolute atomic E-state index is 0.0337. The van der Waals surface area contributed by atoms with Crippen molar-refractivity contribution in [2.75, 3.05) is 19.3 Å². The fourth-order valence-electron chi connectivity index (χ4n) is 1.91. The van der Waals surface area contributed by atoms with Crippen molar-refractivity contribution in [3.05, 3.63) is 24.0 Å². The molecule has 1 fully saturated rings. The normalized spacial score (nSPS) is 19.1. The number of hydrogen-bond acceptors (Lipinski definition) is 4. The van der Waals surface area contributed by atoms with Crippen LogP contribution in [0.25, 0.3) is 0 Å². The largest absolute Gasteiger partial charge is 0.397 e. The third-order valence-electron chi connectivity index (χ3n) is 2.95. The molecule has 2 heterocycles. The van der Waals surface area contributed by atoms with E-state index >= 15 is 0 Å². The Labute approximate surface area is 105 Å². The number of rotatable bonds is 3. The summed E-state index contributed by atoms with van der Waals surface area (Å²) in [5, 5.41) is 2.72. The van der Waals surface area contributed by atoms with E-state index in [9.17, 15) is 9.59 Å². The molecule has 1 saturated heterocycles. The van der Waals surface area contributed by atoms with Gasteiger partial charge in [0.25, 0.3) is 0 Å². The average molecular weight is 248 g/mol. The second-order valence-corrected chi connectivity index (χ2v) is 4.43. The van der Waals surface area contributed by atoms with Crippen molar-refractivity contribution < 1.29 is 9.59 Å². The van der Waals surface area contributed by atoms with Crippen LogP contribution in [-0.4, -0.2) is 41.3 Å². The lowest BCUT2D eigenvalue weighted by Gasteiger charge is -2.12. The van der Waals surface area contributed by atoms with Crippen molar-refractivity contribution >= 4 is 17.5 Å². The van der Waals surface area contributed by atoms with Crippen molar-refractivity contribution in [2.45, 2.75) is 18.9 Å². The Kier molecular flexibility index (Phi) is 3.45. The van der Waals surface area contributed by atoms with Gasteiger partial charge in [-0.3, -0.25) is 14.6 Å². The number of anilines is 1. The molecule has 6 heteroatoms. The Morgan fingerprint density at radius 1 is 1.61 bits per heavy atom. The highest BCUT2D eigenvalue weighted by atomic mass is 16.2. The Balaban J connectivity index is 1.89. The molecule has 1 aliphatic heterocycles. The number of amides is 2. The molecule has 18 heavy (non-hydrogen) atoms. The number of aromatic nitrogens is 1. The van der Waals surface area contributed by atoms with Gasteiger partial charge in [0, 0.05) is 19.3 Å².